The molecule has 0 aromatic carbocycles. The van der Waals surface area contributed by atoms with Gasteiger partial charge >= 0.3 is 23.4 Å². The summed E-state index contributed by atoms with van der Waals surface area (Å²) in [6, 6.07) is 0. The molecule has 0 atom stereocenters. The largest absolute Gasteiger partial charge is 0.522 e. The number of halogens is 3. The van der Waals surface area contributed by atoms with Crippen molar-refractivity contribution in [3.63, 3.8) is 0 Å². The quantitative estimate of drug-likeness (QED) is 0.257. The van der Waals surface area contributed by atoms with Gasteiger partial charge in [0.05, 0.1) is 0 Å². The zero-order valence-electron chi connectivity index (χ0n) is 5.50. The lowest BCUT2D eigenvalue weighted by Gasteiger charge is -1.97. The third-order valence-corrected chi connectivity index (χ3v) is 0.877. The van der Waals surface area contributed by atoms with E-state index in [-0.39, 0.29) is 0 Å². The van der Waals surface area contributed by atoms with Crippen LogP contribution in [0.1, 0.15) is 0 Å². The predicted molar refractivity (Wildman–Crippen MR) is 31.9 cm³/mol. The lowest BCUT2D eigenvalue weighted by Crippen LogP contribution is -2.21. The molecule has 0 spiro atoms. The van der Waals surface area contributed by atoms with Crippen molar-refractivity contribution in [2.45, 2.75) is 5.51 Å². The summed E-state index contributed by atoms with van der Waals surface area (Å²) in [5.74, 6) is 0. The molecule has 0 radical (unpaired) electrons. The molecule has 13 heavy (non-hydrogen) atoms. The van der Waals surface area contributed by atoms with E-state index in [2.05, 4.69) is 0 Å². The summed E-state index contributed by atoms with van der Waals surface area (Å²) in [6.07, 6.45) is 0. The predicted octanol–water partition coefficient (Wildman–Crippen LogP) is -0.535. The first kappa shape index (κ1) is 15.3. The fourth-order valence-corrected chi connectivity index (χ4v) is 0. The van der Waals surface area contributed by atoms with Gasteiger partial charge in [0.2, 0.25) is 0 Å². The van der Waals surface area contributed by atoms with Crippen molar-refractivity contribution in [3.8, 4) is 0 Å². The Morgan fingerprint density at radius 3 is 1.15 bits per heavy atom. The standard InChI is InChI=1S/CHF3O3S.H3O4P/c2-1(3,4)8(5,6)7;1-5(2,3)4/h(H,5,6,7);(H3,1,2,3,4). The summed E-state index contributed by atoms with van der Waals surface area (Å²) in [4.78, 5) is 21.6. The van der Waals surface area contributed by atoms with E-state index in [0.717, 1.165) is 0 Å². The van der Waals surface area contributed by atoms with Crippen molar-refractivity contribution < 1.29 is 45.4 Å². The molecule has 12 heteroatoms. The van der Waals surface area contributed by atoms with Gasteiger partial charge in [0.25, 0.3) is 0 Å². The lowest BCUT2D eigenvalue weighted by atomic mass is 11.6. The van der Waals surface area contributed by atoms with Gasteiger partial charge in [-0.2, -0.15) is 21.6 Å². The molecule has 0 bridgehead atoms. The van der Waals surface area contributed by atoms with Crippen molar-refractivity contribution in [2.75, 3.05) is 0 Å². The maximum atomic E-state index is 10.7. The van der Waals surface area contributed by atoms with E-state index in [0.29, 0.717) is 0 Å². The molecule has 0 saturated heterocycles. The highest BCUT2D eigenvalue weighted by atomic mass is 32.2. The smallest absolute Gasteiger partial charge is 0.303 e. The first-order valence-electron chi connectivity index (χ1n) is 2.07. The van der Waals surface area contributed by atoms with Crippen LogP contribution in [0.25, 0.3) is 0 Å². The second kappa shape index (κ2) is 4.35. The van der Waals surface area contributed by atoms with E-state index in [9.17, 15) is 13.2 Å². The Hall–Kier alpha value is -0.190. The minimum Gasteiger partial charge on any atom is -0.303 e. The highest BCUT2D eigenvalue weighted by Crippen LogP contribution is 2.25. The first-order valence-corrected chi connectivity index (χ1v) is 5.07. The monoisotopic (exact) mass is 248 g/mol. The molecular formula is CH4F3O7PS. The van der Waals surface area contributed by atoms with Gasteiger partial charge < -0.3 is 14.7 Å². The normalized spacial score (nSPS) is 13.2. The third-order valence-electron chi connectivity index (χ3n) is 0.292. The van der Waals surface area contributed by atoms with Gasteiger partial charge in [0.1, 0.15) is 0 Å². The van der Waals surface area contributed by atoms with Crippen LogP contribution in [0.4, 0.5) is 13.2 Å². The van der Waals surface area contributed by atoms with Gasteiger partial charge in [0.15, 0.2) is 0 Å². The molecule has 82 valence electrons. The molecule has 0 aliphatic rings. The van der Waals surface area contributed by atoms with E-state index in [1.54, 1.807) is 0 Å². The van der Waals surface area contributed by atoms with Crippen LogP contribution in [0.15, 0.2) is 0 Å². The van der Waals surface area contributed by atoms with Crippen LogP contribution in [0, 0.1) is 0 Å². The van der Waals surface area contributed by atoms with Crippen LogP contribution in [0.3, 0.4) is 0 Å². The molecule has 0 aliphatic heterocycles. The number of hydrogen-bond donors (Lipinski definition) is 4. The average molecular weight is 248 g/mol. The summed E-state index contributed by atoms with van der Waals surface area (Å²) >= 11 is 0. The molecule has 0 fully saturated rings. The van der Waals surface area contributed by atoms with Gasteiger partial charge in [-0.3, -0.25) is 4.55 Å². The minimum atomic E-state index is -5.84. The van der Waals surface area contributed by atoms with Gasteiger partial charge in [-0.1, -0.05) is 0 Å². The zero-order chi connectivity index (χ0) is 11.5. The Labute approximate surface area is 69.8 Å². The average Bonchev–Trinajstić information content (AvgIpc) is 1.50. The summed E-state index contributed by atoms with van der Waals surface area (Å²) in [6.45, 7) is 0. The van der Waals surface area contributed by atoms with Crippen molar-refractivity contribution in [3.05, 3.63) is 0 Å². The van der Waals surface area contributed by atoms with Gasteiger partial charge in [-0.25, -0.2) is 4.57 Å². The van der Waals surface area contributed by atoms with Crippen LogP contribution in [0.5, 0.6) is 0 Å². The highest BCUT2D eigenvalue weighted by Gasteiger charge is 2.44. The molecule has 0 aliphatic carbocycles. The molecule has 0 amide bonds. The Morgan fingerprint density at radius 1 is 1.08 bits per heavy atom. The molecular weight excluding hydrogens is 244 g/mol. The van der Waals surface area contributed by atoms with E-state index < -0.39 is 23.4 Å². The molecule has 0 rings (SSSR count). The van der Waals surface area contributed by atoms with E-state index in [4.69, 9.17) is 32.2 Å². The number of alkyl halides is 3. The van der Waals surface area contributed by atoms with Crippen molar-refractivity contribution in [2.24, 2.45) is 0 Å². The Kier molecular flexibility index (Phi) is 5.12. The van der Waals surface area contributed by atoms with Crippen molar-refractivity contribution >= 4 is 17.9 Å². The maximum absolute atomic E-state index is 10.7. The first-order chi connectivity index (χ1) is 5.25. The Bertz CT molecular complexity index is 275. The topological polar surface area (TPSA) is 132 Å². The summed E-state index contributed by atoms with van der Waals surface area (Å²) < 4.78 is 66.4. The number of rotatable bonds is 0. The zero-order valence-corrected chi connectivity index (χ0v) is 7.21. The van der Waals surface area contributed by atoms with Crippen molar-refractivity contribution in [1.29, 1.82) is 0 Å². The highest BCUT2D eigenvalue weighted by molar-refractivity contribution is 7.86. The maximum Gasteiger partial charge on any atom is 0.522 e. The molecule has 0 heterocycles. The van der Waals surface area contributed by atoms with Gasteiger partial charge in [0, 0.05) is 0 Å². The minimum absolute atomic E-state index is 4.64. The Balaban J connectivity index is 0. The van der Waals surface area contributed by atoms with Crippen LogP contribution in [0.2, 0.25) is 0 Å². The van der Waals surface area contributed by atoms with Crippen molar-refractivity contribution in [1.82, 2.24) is 0 Å². The fourth-order valence-electron chi connectivity index (χ4n) is 0. The van der Waals surface area contributed by atoms with E-state index in [1.807, 2.05) is 0 Å². The van der Waals surface area contributed by atoms with Crippen LogP contribution >= 0.6 is 7.82 Å². The number of phosphoric acid groups is 1. The van der Waals surface area contributed by atoms with Crippen LogP contribution < -0.4 is 0 Å². The van der Waals surface area contributed by atoms with Crippen LogP contribution in [-0.4, -0.2) is 33.2 Å². The second-order valence-electron chi connectivity index (χ2n) is 1.43. The summed E-state index contributed by atoms with van der Waals surface area (Å²) in [5, 5.41) is 0. The molecule has 4 N–H and O–H groups in total. The Morgan fingerprint density at radius 2 is 1.15 bits per heavy atom. The van der Waals surface area contributed by atoms with E-state index >= 15 is 0 Å². The molecule has 7 nitrogen and oxygen atoms in total. The molecule has 0 saturated carbocycles. The second-order valence-corrected chi connectivity index (χ2v) is 3.87. The summed E-state index contributed by atoms with van der Waals surface area (Å²) in [5.41, 5.74) is -5.53. The molecule has 0 aromatic rings. The number of hydrogen-bond acceptors (Lipinski definition) is 3. The fraction of sp³-hybridized carbons (Fsp3) is 1.00. The lowest BCUT2D eigenvalue weighted by molar-refractivity contribution is -0.0510. The third kappa shape index (κ3) is 14.6. The SMILES string of the molecule is O=P(O)(O)O.O=S(=O)(O)C(F)(F)F. The molecule has 0 unspecified atom stereocenters. The van der Waals surface area contributed by atoms with Crippen LogP contribution in [-0.2, 0) is 14.7 Å². The molecule has 0 aromatic heterocycles. The van der Waals surface area contributed by atoms with Gasteiger partial charge in [-0.15, -0.1) is 0 Å². The van der Waals surface area contributed by atoms with Gasteiger partial charge in [-0.05, 0) is 0 Å². The summed E-state index contributed by atoms with van der Waals surface area (Å²) in [7, 11) is -10.5. The van der Waals surface area contributed by atoms with E-state index in [1.165, 1.54) is 0 Å².